The van der Waals surface area contributed by atoms with E-state index in [1.165, 1.54) is 129 Å². The van der Waals surface area contributed by atoms with E-state index in [0.29, 0.717) is 12.8 Å². The molecule has 0 aromatic heterocycles. The molecule has 0 aromatic rings. The third-order valence-electron chi connectivity index (χ3n) is 26.4. The number of hydrogen-bond acceptors (Lipinski definition) is 41. The summed E-state index contributed by atoms with van der Waals surface area (Å²) in [6.07, 6.45) is -41.4. The summed E-state index contributed by atoms with van der Waals surface area (Å²) in [5.41, 5.74) is 0. The second-order valence-electron chi connectivity index (χ2n) is 36.9. The van der Waals surface area contributed by atoms with Crippen LogP contribution < -0.4 is 16.0 Å². The van der Waals surface area contributed by atoms with Crippen molar-refractivity contribution in [1.82, 2.24) is 16.0 Å². The first-order chi connectivity index (χ1) is 64.2. The molecule has 8 rings (SSSR count). The van der Waals surface area contributed by atoms with Crippen molar-refractivity contribution in [2.45, 2.75) is 492 Å². The van der Waals surface area contributed by atoms with Crippen LogP contribution >= 0.6 is 0 Å². The molecule has 782 valence electrons. The number of ether oxygens (including phenoxy) is 16. The van der Waals surface area contributed by atoms with Crippen LogP contribution in [0.4, 0.5) is 0 Å². The van der Waals surface area contributed by atoms with Gasteiger partial charge in [-0.25, -0.2) is 0 Å². The fourth-order valence-corrected chi connectivity index (χ4v) is 18.3. The van der Waals surface area contributed by atoms with E-state index < -0.39 is 316 Å². The summed E-state index contributed by atoms with van der Waals surface area (Å²) >= 11 is 0. The summed E-state index contributed by atoms with van der Waals surface area (Å²) in [6.45, 7) is 1.73. The Bertz CT molecular complexity index is 3270. The number of aliphatic hydroxyl groups is 22. The molecule has 42 atom stereocenters. The fraction of sp³-hybridized carbons (Fsp3) is 0.944. The van der Waals surface area contributed by atoms with E-state index in [1.54, 1.807) is 6.08 Å². The summed E-state index contributed by atoms with van der Waals surface area (Å²) in [7, 11) is 0. The molecule has 25 N–H and O–H groups in total. The number of allylic oxidation sites excluding steroid dienone is 1. The number of amides is 3. The highest BCUT2D eigenvalue weighted by molar-refractivity contribution is 5.76. The van der Waals surface area contributed by atoms with Crippen molar-refractivity contribution in [3.8, 4) is 0 Å². The predicted octanol–water partition coefficient (Wildman–Crippen LogP) is -3.94. The Morgan fingerprint density at radius 3 is 0.970 bits per heavy atom. The lowest BCUT2D eigenvalue weighted by Crippen LogP contribution is -2.72. The normalized spacial score (nSPS) is 40.0. The Labute approximate surface area is 783 Å². The predicted molar refractivity (Wildman–Crippen MR) is 465 cm³/mol. The van der Waals surface area contributed by atoms with Crippen LogP contribution in [-0.4, -0.2) is 434 Å². The maximum Gasteiger partial charge on any atom is 0.220 e. The molecule has 16 unspecified atom stereocenters. The van der Waals surface area contributed by atoms with Gasteiger partial charge in [-0.2, -0.15) is 0 Å². The molecule has 8 fully saturated rings. The first kappa shape index (κ1) is 116. The Balaban J connectivity index is 1.01. The molecule has 0 radical (unpaired) electrons. The molecule has 44 heteroatoms. The molecule has 8 saturated heterocycles. The first-order valence-electron chi connectivity index (χ1n) is 48.7. The molecule has 0 saturated carbocycles. The summed E-state index contributed by atoms with van der Waals surface area (Å²) in [6, 6.07) is -5.15. The minimum absolute atomic E-state index is 0.138. The Hall–Kier alpha value is -3.37. The van der Waals surface area contributed by atoms with E-state index in [2.05, 4.69) is 29.8 Å². The third-order valence-corrected chi connectivity index (χ3v) is 26.4. The van der Waals surface area contributed by atoms with Crippen LogP contribution in [-0.2, 0) is 90.2 Å². The van der Waals surface area contributed by atoms with Gasteiger partial charge in [0, 0.05) is 20.3 Å². The van der Waals surface area contributed by atoms with Crippen LogP contribution in [0.25, 0.3) is 0 Å². The topological polar surface area (TPSA) is 680 Å². The molecule has 0 spiro atoms. The average molecular weight is 1940 g/mol. The van der Waals surface area contributed by atoms with Crippen molar-refractivity contribution in [2.75, 3.05) is 46.2 Å². The standard InChI is InChI=1S/C90H161N3O41/c1-7-9-11-13-15-17-19-21-22-23-24-26-28-30-32-34-36-38-58(103)93-50(51(102)37-35-33-31-29-27-25-20-18-16-14-12-10-8-2)45-119-85-73(116)69(112)76(55(42-97)127-85)128-89-74(117)81(64(107)53(40-95)123-89)133-84-60(92-49(6)101)80(78(57(44-99)126-84)130-87-71(114)67(110)62(105)47(4)121-87)132-90-75(118)82(65(108)54(41-96)124-90)134-83-59(91-48(5)100)79(131-88-72(115)68(111)63(106)52(39-94)122-88)77(56(43-98)125-83)129-86-70(113)66(109)61(104)46(3)120-86/h35,37,46-47,50-57,59-90,94-99,102,104-118H,7-34,36,38-45H2,1-6H3,(H,91,100)(H,92,101)(H,93,103)/b37-35+/t46?,47?,50-,51+,52?,53?,54?,55?,56?,57?,59?,60?,61+,62+,63-,64-,65-,66?,67?,68-,69+,70-,71-,72?,73?,74?,75?,76+,77+,78+,79+,80+,81-,82-,83-,84-,85+,86+,87+,88-,89-,90-/m0/s1. The maximum absolute atomic E-state index is 13.8. The van der Waals surface area contributed by atoms with Crippen molar-refractivity contribution in [3.05, 3.63) is 12.2 Å². The van der Waals surface area contributed by atoms with Gasteiger partial charge < -0.3 is 204 Å². The zero-order valence-electron chi connectivity index (χ0n) is 78.2. The highest BCUT2D eigenvalue weighted by Gasteiger charge is 2.62. The number of unbranched alkanes of at least 4 members (excludes halogenated alkanes) is 27. The molecule has 8 aliphatic rings. The highest BCUT2D eigenvalue weighted by Crippen LogP contribution is 2.41. The number of rotatable bonds is 58. The van der Waals surface area contributed by atoms with Gasteiger partial charge >= 0.3 is 0 Å². The van der Waals surface area contributed by atoms with Gasteiger partial charge in [0.25, 0.3) is 0 Å². The van der Waals surface area contributed by atoms with Gasteiger partial charge in [0.05, 0.1) is 70.6 Å². The lowest BCUT2D eigenvalue weighted by atomic mass is 9.93. The molecule has 134 heavy (non-hydrogen) atoms. The molecule has 0 bridgehead atoms. The number of carbonyl (C=O) groups is 3. The van der Waals surface area contributed by atoms with E-state index >= 15 is 0 Å². The summed E-state index contributed by atoms with van der Waals surface area (Å²) in [4.78, 5) is 41.0. The lowest BCUT2D eigenvalue weighted by molar-refractivity contribution is -0.399. The van der Waals surface area contributed by atoms with Gasteiger partial charge in [0.2, 0.25) is 17.7 Å². The quantitative estimate of drug-likeness (QED) is 0.0204. The Morgan fingerprint density at radius 2 is 0.597 bits per heavy atom. The molecule has 0 aliphatic carbocycles. The SMILES string of the molecule is CCCCCCCCCCCCC/C=C/[C@@H](O)[C@H](CO[C@@H]1OC(CO)[C@@H](O[C@@H]2OC(CO)[C@H](O)[C@H](O[C@@H]3OC(CO)[C@@H](O[C@H]4OC(C)[C@@H](O)C(O)[C@@H]4O)[C@H](O[C@@H]4OC(CO)[C@H](O)[C@H](O[C@@H]5OC(CO)[C@@H](O[C@H]6OC(C)[C@@H](O)C(O)[C@@H]6O)[C@H](O[C@@H]6OC(CO)[C@H](O)[C@H](O)C6O)C5NC(C)=O)C4O)C3NC(C)=O)C2O)[C@H](O)C1O)NC(=O)CCCCCCCCCCCCCCCCCCC. The zero-order chi connectivity index (χ0) is 98.0. The van der Waals surface area contributed by atoms with E-state index in [4.69, 9.17) is 75.8 Å². The van der Waals surface area contributed by atoms with Gasteiger partial charge in [0.1, 0.15) is 183 Å². The summed E-state index contributed by atoms with van der Waals surface area (Å²) in [5, 5.41) is 257. The Kier molecular flexibility index (Phi) is 51.6. The van der Waals surface area contributed by atoms with E-state index in [9.17, 15) is 127 Å². The molecule has 8 aliphatic heterocycles. The largest absolute Gasteiger partial charge is 0.394 e. The van der Waals surface area contributed by atoms with Crippen LogP contribution in [0.1, 0.15) is 234 Å². The van der Waals surface area contributed by atoms with Crippen LogP contribution in [0.15, 0.2) is 12.2 Å². The van der Waals surface area contributed by atoms with Gasteiger partial charge in [-0.1, -0.05) is 193 Å². The Morgan fingerprint density at radius 1 is 0.306 bits per heavy atom. The van der Waals surface area contributed by atoms with Crippen LogP contribution in [0, 0.1) is 0 Å². The maximum atomic E-state index is 13.8. The molecule has 0 aromatic carbocycles. The monoisotopic (exact) mass is 1940 g/mol. The second kappa shape index (κ2) is 59.6. The minimum Gasteiger partial charge on any atom is -0.394 e. The lowest BCUT2D eigenvalue weighted by Gasteiger charge is -2.52. The van der Waals surface area contributed by atoms with Crippen LogP contribution in [0.3, 0.4) is 0 Å². The molecule has 3 amide bonds. The van der Waals surface area contributed by atoms with E-state index in [-0.39, 0.29) is 12.3 Å². The van der Waals surface area contributed by atoms with Crippen LogP contribution in [0.5, 0.6) is 0 Å². The molecular weight excluding hydrogens is 1780 g/mol. The number of carbonyl (C=O) groups excluding carboxylic acids is 3. The van der Waals surface area contributed by atoms with Crippen molar-refractivity contribution >= 4 is 17.7 Å². The first-order valence-corrected chi connectivity index (χ1v) is 48.7. The number of nitrogens with one attached hydrogen (secondary N) is 3. The van der Waals surface area contributed by atoms with Gasteiger partial charge in [-0.05, 0) is 33.1 Å². The van der Waals surface area contributed by atoms with Crippen molar-refractivity contribution < 1.29 is 203 Å². The average Bonchev–Trinajstić information content (AvgIpc) is 0.795. The summed E-state index contributed by atoms with van der Waals surface area (Å²) < 4.78 is 97.8. The molecule has 8 heterocycles. The number of aliphatic hydroxyl groups excluding tert-OH is 22. The van der Waals surface area contributed by atoms with E-state index in [1.807, 2.05) is 6.08 Å². The smallest absolute Gasteiger partial charge is 0.220 e. The fourth-order valence-electron chi connectivity index (χ4n) is 18.3. The number of hydrogen-bond donors (Lipinski definition) is 25. The summed E-state index contributed by atoms with van der Waals surface area (Å²) in [5.74, 6) is -2.33. The van der Waals surface area contributed by atoms with Crippen molar-refractivity contribution in [1.29, 1.82) is 0 Å². The molecular formula is C90H161N3O41. The van der Waals surface area contributed by atoms with Crippen molar-refractivity contribution in [3.63, 3.8) is 0 Å². The zero-order valence-corrected chi connectivity index (χ0v) is 78.2. The third kappa shape index (κ3) is 33.1. The van der Waals surface area contributed by atoms with Gasteiger partial charge in [-0.15, -0.1) is 0 Å². The van der Waals surface area contributed by atoms with E-state index in [0.717, 1.165) is 71.6 Å². The molecule has 44 nitrogen and oxygen atoms in total. The highest BCUT2D eigenvalue weighted by atomic mass is 16.8. The second-order valence-corrected chi connectivity index (χ2v) is 36.9. The van der Waals surface area contributed by atoms with Gasteiger partial charge in [-0.3, -0.25) is 14.4 Å². The van der Waals surface area contributed by atoms with Gasteiger partial charge in [0.15, 0.2) is 50.3 Å². The van der Waals surface area contributed by atoms with Crippen molar-refractivity contribution in [2.24, 2.45) is 0 Å². The minimum atomic E-state index is -2.50. The van der Waals surface area contributed by atoms with Crippen LogP contribution in [0.2, 0.25) is 0 Å².